The van der Waals surface area contributed by atoms with E-state index in [4.69, 9.17) is 0 Å². The Kier molecular flexibility index (Phi) is 1.48. The molecule has 0 saturated carbocycles. The van der Waals surface area contributed by atoms with Gasteiger partial charge in [0.05, 0.1) is 6.33 Å². The van der Waals surface area contributed by atoms with Crippen LogP contribution < -0.4 is 5.56 Å². The van der Waals surface area contributed by atoms with Crippen LogP contribution in [0.3, 0.4) is 0 Å². The molecule has 74 valence electrons. The number of fused-ring (bicyclic) bond motifs is 3. The fraction of sp³-hybridized carbons (Fsp3) is 0.0909. The number of aryl methyl sites for hydroxylation is 1. The van der Waals surface area contributed by atoms with Gasteiger partial charge in [0.15, 0.2) is 0 Å². The van der Waals surface area contributed by atoms with E-state index in [0.717, 1.165) is 22.0 Å². The van der Waals surface area contributed by atoms with Gasteiger partial charge in [-0.2, -0.15) is 0 Å². The van der Waals surface area contributed by atoms with E-state index < -0.39 is 0 Å². The first-order valence-electron chi connectivity index (χ1n) is 4.71. The number of hydrogen-bond acceptors (Lipinski definition) is 2. The maximum Gasteiger partial charge on any atom is 0.275 e. The van der Waals surface area contributed by atoms with Gasteiger partial charge in [0.25, 0.3) is 5.56 Å². The van der Waals surface area contributed by atoms with Gasteiger partial charge in [-0.15, -0.1) is 0 Å². The summed E-state index contributed by atoms with van der Waals surface area (Å²) in [4.78, 5) is 21.3. The molecule has 2 aromatic heterocycles. The average molecular weight is 199 g/mol. The van der Waals surface area contributed by atoms with Gasteiger partial charge in [0.2, 0.25) is 0 Å². The van der Waals surface area contributed by atoms with Gasteiger partial charge in [0, 0.05) is 10.9 Å². The highest BCUT2D eigenvalue weighted by atomic mass is 16.1. The molecular weight excluding hydrogens is 190 g/mol. The summed E-state index contributed by atoms with van der Waals surface area (Å²) in [5, 5.41) is 0.996. The number of H-pyrrole nitrogens is 2. The van der Waals surface area contributed by atoms with Crippen molar-refractivity contribution in [1.82, 2.24) is 15.0 Å². The Morgan fingerprint density at radius 3 is 3.07 bits per heavy atom. The molecule has 1 aromatic carbocycles. The SMILES string of the molecule is Cc1ccc2[nH]c3c(=O)[nH]cnc3c2c1. The Morgan fingerprint density at radius 1 is 1.33 bits per heavy atom. The maximum absolute atomic E-state index is 11.5. The van der Waals surface area contributed by atoms with Crippen LogP contribution in [0.1, 0.15) is 5.56 Å². The van der Waals surface area contributed by atoms with Crippen LogP contribution >= 0.6 is 0 Å². The van der Waals surface area contributed by atoms with Gasteiger partial charge in [-0.1, -0.05) is 11.6 Å². The minimum Gasteiger partial charge on any atom is -0.349 e. The summed E-state index contributed by atoms with van der Waals surface area (Å²) in [6, 6.07) is 6.00. The number of nitrogens with zero attached hydrogens (tertiary/aromatic N) is 1. The Balaban J connectivity index is 2.64. The molecule has 4 heteroatoms. The molecule has 0 unspecified atom stereocenters. The first kappa shape index (κ1) is 8.23. The first-order chi connectivity index (χ1) is 7.25. The fourth-order valence-electron chi connectivity index (χ4n) is 1.82. The summed E-state index contributed by atoms with van der Waals surface area (Å²) < 4.78 is 0. The minimum absolute atomic E-state index is 0.131. The summed E-state index contributed by atoms with van der Waals surface area (Å²) in [6.07, 6.45) is 1.43. The van der Waals surface area contributed by atoms with Gasteiger partial charge in [0.1, 0.15) is 11.0 Å². The number of rotatable bonds is 0. The Morgan fingerprint density at radius 2 is 2.20 bits per heavy atom. The smallest absolute Gasteiger partial charge is 0.275 e. The van der Waals surface area contributed by atoms with E-state index in [1.54, 1.807) is 0 Å². The monoisotopic (exact) mass is 199 g/mol. The van der Waals surface area contributed by atoms with Crippen molar-refractivity contribution < 1.29 is 0 Å². The summed E-state index contributed by atoms with van der Waals surface area (Å²) in [5.41, 5.74) is 3.25. The largest absolute Gasteiger partial charge is 0.349 e. The van der Waals surface area contributed by atoms with Crippen molar-refractivity contribution >= 4 is 21.9 Å². The Bertz CT molecular complexity index is 708. The standard InChI is InChI=1S/C11H9N3O/c1-6-2-3-8-7(4-6)9-10(14-8)11(15)13-5-12-9/h2-5,14H,1H3,(H,12,13,15). The lowest BCUT2D eigenvalue weighted by atomic mass is 10.2. The molecule has 3 rings (SSSR count). The van der Waals surface area contributed by atoms with Crippen LogP contribution in [-0.4, -0.2) is 15.0 Å². The number of aromatic nitrogens is 3. The minimum atomic E-state index is -0.131. The van der Waals surface area contributed by atoms with Gasteiger partial charge >= 0.3 is 0 Å². The highest BCUT2D eigenvalue weighted by Gasteiger charge is 2.07. The van der Waals surface area contributed by atoms with Gasteiger partial charge in [-0.25, -0.2) is 4.98 Å². The van der Waals surface area contributed by atoms with Gasteiger partial charge < -0.3 is 9.97 Å². The second-order valence-corrected chi connectivity index (χ2v) is 3.63. The quantitative estimate of drug-likeness (QED) is 0.579. The molecule has 0 aliphatic rings. The second-order valence-electron chi connectivity index (χ2n) is 3.63. The number of hydrogen-bond donors (Lipinski definition) is 2. The van der Waals surface area contributed by atoms with Crippen LogP contribution in [0.15, 0.2) is 29.3 Å². The van der Waals surface area contributed by atoms with Crippen molar-refractivity contribution in [3.05, 3.63) is 40.4 Å². The van der Waals surface area contributed by atoms with Crippen LogP contribution in [0.25, 0.3) is 21.9 Å². The van der Waals surface area contributed by atoms with Crippen molar-refractivity contribution in [3.8, 4) is 0 Å². The molecule has 3 aromatic rings. The highest BCUT2D eigenvalue weighted by Crippen LogP contribution is 2.21. The summed E-state index contributed by atoms with van der Waals surface area (Å²) in [5.74, 6) is 0. The van der Waals surface area contributed by atoms with Crippen LogP contribution in [0.2, 0.25) is 0 Å². The maximum atomic E-state index is 11.5. The molecule has 0 radical (unpaired) electrons. The molecule has 0 aliphatic carbocycles. The third-order valence-corrected chi connectivity index (χ3v) is 2.54. The molecule has 0 atom stereocenters. The lowest BCUT2D eigenvalue weighted by Gasteiger charge is -1.92. The molecular formula is C11H9N3O. The molecule has 0 spiro atoms. The predicted octanol–water partition coefficient (Wildman–Crippen LogP) is 1.71. The lowest BCUT2D eigenvalue weighted by molar-refractivity contribution is 1.17. The zero-order valence-corrected chi connectivity index (χ0v) is 8.16. The lowest BCUT2D eigenvalue weighted by Crippen LogP contribution is -2.05. The number of aromatic amines is 2. The fourth-order valence-corrected chi connectivity index (χ4v) is 1.82. The second kappa shape index (κ2) is 2.70. The third-order valence-electron chi connectivity index (χ3n) is 2.54. The van der Waals surface area contributed by atoms with E-state index in [-0.39, 0.29) is 5.56 Å². The Labute approximate surface area is 85.0 Å². The topological polar surface area (TPSA) is 61.5 Å². The molecule has 0 amide bonds. The van der Waals surface area contributed by atoms with E-state index in [9.17, 15) is 4.79 Å². The summed E-state index contributed by atoms with van der Waals surface area (Å²) in [6.45, 7) is 2.02. The van der Waals surface area contributed by atoms with Crippen molar-refractivity contribution in [1.29, 1.82) is 0 Å². The van der Waals surface area contributed by atoms with E-state index in [0.29, 0.717) is 5.52 Å². The molecule has 4 nitrogen and oxygen atoms in total. The normalized spacial score (nSPS) is 11.3. The highest BCUT2D eigenvalue weighted by molar-refractivity contribution is 6.04. The van der Waals surface area contributed by atoms with Crippen molar-refractivity contribution in [2.45, 2.75) is 6.92 Å². The van der Waals surface area contributed by atoms with Crippen molar-refractivity contribution in [2.75, 3.05) is 0 Å². The molecule has 0 fully saturated rings. The van der Waals surface area contributed by atoms with Crippen molar-refractivity contribution in [2.24, 2.45) is 0 Å². The van der Waals surface area contributed by atoms with Gasteiger partial charge in [-0.3, -0.25) is 4.79 Å². The average Bonchev–Trinajstić information content (AvgIpc) is 2.58. The van der Waals surface area contributed by atoms with Crippen LogP contribution in [0.5, 0.6) is 0 Å². The molecule has 2 heterocycles. The van der Waals surface area contributed by atoms with Gasteiger partial charge in [-0.05, 0) is 19.1 Å². The van der Waals surface area contributed by atoms with Crippen LogP contribution in [0.4, 0.5) is 0 Å². The molecule has 0 aliphatic heterocycles. The molecule has 0 bridgehead atoms. The first-order valence-corrected chi connectivity index (χ1v) is 4.71. The van der Waals surface area contributed by atoms with E-state index in [1.165, 1.54) is 6.33 Å². The predicted molar refractivity (Wildman–Crippen MR) is 59.0 cm³/mol. The van der Waals surface area contributed by atoms with Crippen LogP contribution in [-0.2, 0) is 0 Å². The number of nitrogens with one attached hydrogen (secondary N) is 2. The van der Waals surface area contributed by atoms with Crippen molar-refractivity contribution in [3.63, 3.8) is 0 Å². The molecule has 2 N–H and O–H groups in total. The molecule has 15 heavy (non-hydrogen) atoms. The number of benzene rings is 1. The summed E-state index contributed by atoms with van der Waals surface area (Å²) >= 11 is 0. The van der Waals surface area contributed by atoms with Crippen LogP contribution in [0, 0.1) is 6.92 Å². The zero-order chi connectivity index (χ0) is 10.4. The zero-order valence-electron chi connectivity index (χ0n) is 8.16. The Hall–Kier alpha value is -2.10. The van der Waals surface area contributed by atoms with E-state index in [1.807, 2.05) is 25.1 Å². The van der Waals surface area contributed by atoms with E-state index >= 15 is 0 Å². The van der Waals surface area contributed by atoms with E-state index in [2.05, 4.69) is 15.0 Å². The summed E-state index contributed by atoms with van der Waals surface area (Å²) in [7, 11) is 0. The third kappa shape index (κ3) is 1.08. The molecule has 0 saturated heterocycles.